The second-order valence-corrected chi connectivity index (χ2v) is 8.07. The highest BCUT2D eigenvalue weighted by atomic mass is 16.3. The van der Waals surface area contributed by atoms with E-state index < -0.39 is 5.91 Å². The van der Waals surface area contributed by atoms with Gasteiger partial charge in [0.05, 0.1) is 12.8 Å². The van der Waals surface area contributed by atoms with Crippen molar-refractivity contribution in [1.82, 2.24) is 25.3 Å². The van der Waals surface area contributed by atoms with Crippen LogP contribution in [-0.2, 0) is 24.4 Å². The minimum atomic E-state index is -0.410. The standard InChI is InChI=1S/C24H27N5O4/c1-17-5-7-18(8-6-17)16-28-11-3-12-29-21(24(28)32)14-20(27-29)23(31)25-10-9-22(30)26-15-19-4-2-13-33-19/h2,4-8,13-14H,3,9-12,15-16H2,1H3,(H,25,31)(H,26,30). The lowest BCUT2D eigenvalue weighted by Crippen LogP contribution is -2.31. The fourth-order valence-electron chi connectivity index (χ4n) is 3.68. The smallest absolute Gasteiger partial charge is 0.272 e. The van der Waals surface area contributed by atoms with Gasteiger partial charge in [-0.1, -0.05) is 29.8 Å². The van der Waals surface area contributed by atoms with Crippen LogP contribution in [-0.4, -0.2) is 45.5 Å². The average Bonchev–Trinajstić information content (AvgIpc) is 3.45. The van der Waals surface area contributed by atoms with Crippen LogP contribution in [0.25, 0.3) is 0 Å². The Bertz CT molecular complexity index is 1120. The topological polar surface area (TPSA) is 109 Å². The number of benzene rings is 1. The van der Waals surface area contributed by atoms with E-state index in [-0.39, 0.29) is 30.5 Å². The van der Waals surface area contributed by atoms with Gasteiger partial charge in [-0.15, -0.1) is 0 Å². The summed E-state index contributed by atoms with van der Waals surface area (Å²) >= 11 is 0. The molecule has 2 aromatic heterocycles. The van der Waals surface area contributed by atoms with Gasteiger partial charge in [0.1, 0.15) is 11.5 Å². The summed E-state index contributed by atoms with van der Waals surface area (Å²) < 4.78 is 6.76. The summed E-state index contributed by atoms with van der Waals surface area (Å²) in [5.74, 6) is -0.0912. The molecule has 1 aromatic carbocycles. The fourth-order valence-corrected chi connectivity index (χ4v) is 3.68. The van der Waals surface area contributed by atoms with Crippen molar-refractivity contribution in [3.63, 3.8) is 0 Å². The highest BCUT2D eigenvalue weighted by Gasteiger charge is 2.26. The molecule has 0 spiro atoms. The van der Waals surface area contributed by atoms with Crippen molar-refractivity contribution in [1.29, 1.82) is 0 Å². The van der Waals surface area contributed by atoms with Gasteiger partial charge < -0.3 is 20.0 Å². The van der Waals surface area contributed by atoms with E-state index in [9.17, 15) is 14.4 Å². The maximum absolute atomic E-state index is 13.1. The molecule has 3 heterocycles. The third-order valence-corrected chi connectivity index (χ3v) is 5.49. The molecule has 0 bridgehead atoms. The number of nitrogens with zero attached hydrogens (tertiary/aromatic N) is 3. The Morgan fingerprint density at radius 1 is 1.12 bits per heavy atom. The zero-order valence-corrected chi connectivity index (χ0v) is 18.5. The predicted molar refractivity (Wildman–Crippen MR) is 120 cm³/mol. The first-order chi connectivity index (χ1) is 16.0. The lowest BCUT2D eigenvalue weighted by molar-refractivity contribution is -0.121. The number of carbonyl (C=O) groups is 3. The summed E-state index contributed by atoms with van der Waals surface area (Å²) in [4.78, 5) is 39.3. The van der Waals surface area contributed by atoms with E-state index in [1.165, 1.54) is 11.6 Å². The summed E-state index contributed by atoms with van der Waals surface area (Å²) in [7, 11) is 0. The van der Waals surface area contributed by atoms with E-state index in [1.807, 2.05) is 31.2 Å². The molecule has 9 heteroatoms. The number of furan rings is 1. The molecule has 3 aromatic rings. The summed E-state index contributed by atoms with van der Waals surface area (Å²) in [6, 6.07) is 13.2. The number of hydrogen-bond acceptors (Lipinski definition) is 5. The Balaban J connectivity index is 1.31. The molecule has 3 amide bonds. The van der Waals surface area contributed by atoms with E-state index >= 15 is 0 Å². The fraction of sp³-hybridized carbons (Fsp3) is 0.333. The highest BCUT2D eigenvalue weighted by molar-refractivity contribution is 5.98. The molecule has 1 aliphatic heterocycles. The minimum Gasteiger partial charge on any atom is -0.467 e. The molecule has 0 atom stereocenters. The van der Waals surface area contributed by atoms with Gasteiger partial charge in [-0.25, -0.2) is 0 Å². The van der Waals surface area contributed by atoms with Gasteiger partial charge in [0.2, 0.25) is 5.91 Å². The lowest BCUT2D eigenvalue weighted by Gasteiger charge is -2.20. The summed E-state index contributed by atoms with van der Waals surface area (Å²) in [5, 5.41) is 9.75. The number of hydrogen-bond donors (Lipinski definition) is 2. The number of carbonyl (C=O) groups excluding carboxylic acids is 3. The van der Waals surface area contributed by atoms with Gasteiger partial charge in [0, 0.05) is 38.7 Å². The van der Waals surface area contributed by atoms with Gasteiger partial charge in [-0.3, -0.25) is 19.1 Å². The second kappa shape index (κ2) is 10.2. The first-order valence-electron chi connectivity index (χ1n) is 11.0. The number of amides is 3. The Kier molecular flexibility index (Phi) is 6.87. The molecule has 0 unspecified atom stereocenters. The van der Waals surface area contributed by atoms with Crippen LogP contribution >= 0.6 is 0 Å². The molecule has 0 radical (unpaired) electrons. The molecular formula is C24H27N5O4. The molecule has 4 rings (SSSR count). The zero-order chi connectivity index (χ0) is 23.2. The first-order valence-corrected chi connectivity index (χ1v) is 11.0. The molecule has 0 fully saturated rings. The van der Waals surface area contributed by atoms with Crippen molar-refractivity contribution in [2.24, 2.45) is 0 Å². The molecule has 172 valence electrons. The van der Waals surface area contributed by atoms with Crippen LogP contribution in [0.1, 0.15) is 50.7 Å². The van der Waals surface area contributed by atoms with Crippen molar-refractivity contribution in [2.45, 2.75) is 39.4 Å². The Morgan fingerprint density at radius 3 is 2.70 bits per heavy atom. The number of aromatic nitrogens is 2. The number of aryl methyl sites for hydroxylation is 2. The maximum Gasteiger partial charge on any atom is 0.272 e. The van der Waals surface area contributed by atoms with Crippen LogP contribution in [0.5, 0.6) is 0 Å². The second-order valence-electron chi connectivity index (χ2n) is 8.07. The third kappa shape index (κ3) is 5.68. The molecule has 0 saturated carbocycles. The molecule has 1 aliphatic rings. The van der Waals surface area contributed by atoms with Crippen molar-refractivity contribution in [3.05, 3.63) is 77.0 Å². The highest BCUT2D eigenvalue weighted by Crippen LogP contribution is 2.17. The third-order valence-electron chi connectivity index (χ3n) is 5.49. The van der Waals surface area contributed by atoms with Gasteiger partial charge in [-0.2, -0.15) is 5.10 Å². The molecule has 0 aliphatic carbocycles. The average molecular weight is 450 g/mol. The summed E-state index contributed by atoms with van der Waals surface area (Å²) in [6.45, 7) is 4.20. The number of rotatable bonds is 8. The van der Waals surface area contributed by atoms with Gasteiger partial charge in [0.15, 0.2) is 5.69 Å². The van der Waals surface area contributed by atoms with Gasteiger partial charge in [-0.05, 0) is 31.0 Å². The lowest BCUT2D eigenvalue weighted by atomic mass is 10.1. The van der Waals surface area contributed by atoms with Crippen LogP contribution in [0.3, 0.4) is 0 Å². The van der Waals surface area contributed by atoms with Gasteiger partial charge >= 0.3 is 0 Å². The normalized spacial score (nSPS) is 13.4. The van der Waals surface area contributed by atoms with E-state index in [0.717, 1.165) is 12.0 Å². The number of nitrogens with one attached hydrogen (secondary N) is 2. The summed E-state index contributed by atoms with van der Waals surface area (Å²) in [5.41, 5.74) is 2.81. The van der Waals surface area contributed by atoms with Crippen LogP contribution in [0.4, 0.5) is 0 Å². The van der Waals surface area contributed by atoms with Crippen LogP contribution < -0.4 is 10.6 Å². The summed E-state index contributed by atoms with van der Waals surface area (Å²) in [6.07, 6.45) is 2.42. The van der Waals surface area contributed by atoms with E-state index in [2.05, 4.69) is 15.7 Å². The van der Waals surface area contributed by atoms with E-state index in [0.29, 0.717) is 37.6 Å². The van der Waals surface area contributed by atoms with Crippen LogP contribution in [0.2, 0.25) is 0 Å². The predicted octanol–water partition coefficient (Wildman–Crippen LogP) is 2.27. The van der Waals surface area contributed by atoms with Crippen molar-refractivity contribution >= 4 is 17.7 Å². The minimum absolute atomic E-state index is 0.128. The Morgan fingerprint density at radius 2 is 1.94 bits per heavy atom. The molecule has 9 nitrogen and oxygen atoms in total. The quantitative estimate of drug-likeness (QED) is 0.548. The van der Waals surface area contributed by atoms with Crippen LogP contribution in [0, 0.1) is 6.92 Å². The first kappa shape index (κ1) is 22.3. The SMILES string of the molecule is Cc1ccc(CN2CCCn3nc(C(=O)NCCC(=O)NCc4ccco4)cc3C2=O)cc1. The zero-order valence-electron chi connectivity index (χ0n) is 18.5. The molecule has 33 heavy (non-hydrogen) atoms. The van der Waals surface area contributed by atoms with Crippen molar-refractivity contribution in [2.75, 3.05) is 13.1 Å². The van der Waals surface area contributed by atoms with Crippen molar-refractivity contribution < 1.29 is 18.8 Å². The Hall–Kier alpha value is -3.88. The van der Waals surface area contributed by atoms with E-state index in [1.54, 1.807) is 28.0 Å². The molecule has 0 saturated heterocycles. The monoisotopic (exact) mass is 449 g/mol. The van der Waals surface area contributed by atoms with Crippen LogP contribution in [0.15, 0.2) is 53.1 Å². The van der Waals surface area contributed by atoms with Crippen molar-refractivity contribution in [3.8, 4) is 0 Å². The Labute approximate surface area is 191 Å². The largest absolute Gasteiger partial charge is 0.467 e. The maximum atomic E-state index is 13.1. The number of fused-ring (bicyclic) bond motifs is 1. The van der Waals surface area contributed by atoms with Gasteiger partial charge in [0.25, 0.3) is 11.8 Å². The molecular weight excluding hydrogens is 422 g/mol. The van der Waals surface area contributed by atoms with E-state index in [4.69, 9.17) is 4.42 Å². The molecule has 2 N–H and O–H groups in total.